The lowest BCUT2D eigenvalue weighted by atomic mass is 10.0. The molecule has 4 heteroatoms. The molecule has 0 fully saturated rings. The highest BCUT2D eigenvalue weighted by Gasteiger charge is 2.23. The molecule has 0 atom stereocenters. The molecule has 1 aliphatic rings. The molecular formula is C16H18N2OS. The summed E-state index contributed by atoms with van der Waals surface area (Å²) in [6.07, 6.45) is 3.57. The Kier molecular flexibility index (Phi) is 3.83. The number of benzene rings is 1. The molecule has 0 aliphatic heterocycles. The zero-order valence-electron chi connectivity index (χ0n) is 11.6. The molecule has 0 N–H and O–H groups in total. The summed E-state index contributed by atoms with van der Waals surface area (Å²) in [5, 5.41) is 0.973. The SMILES string of the molecule is CN(CCc1ccccc1)c1nc2c(s1)C(=O)CCC2. The zero-order valence-corrected chi connectivity index (χ0v) is 12.4. The largest absolute Gasteiger partial charge is 0.351 e. The van der Waals surface area contributed by atoms with E-state index >= 15 is 0 Å². The van der Waals surface area contributed by atoms with E-state index in [4.69, 9.17) is 0 Å². The first-order chi connectivity index (χ1) is 9.74. The molecule has 0 spiro atoms. The van der Waals surface area contributed by atoms with Crippen LogP contribution in [0.25, 0.3) is 0 Å². The number of rotatable bonds is 4. The van der Waals surface area contributed by atoms with Crippen molar-refractivity contribution in [1.82, 2.24) is 4.98 Å². The number of hydrogen-bond acceptors (Lipinski definition) is 4. The average Bonchev–Trinajstić information content (AvgIpc) is 2.91. The molecule has 1 aromatic heterocycles. The van der Waals surface area contributed by atoms with Crippen LogP contribution in [0.3, 0.4) is 0 Å². The second kappa shape index (κ2) is 5.75. The molecule has 1 heterocycles. The van der Waals surface area contributed by atoms with Crippen molar-refractivity contribution in [1.29, 1.82) is 0 Å². The molecule has 3 nitrogen and oxygen atoms in total. The number of carbonyl (C=O) groups is 1. The van der Waals surface area contributed by atoms with Gasteiger partial charge in [-0.3, -0.25) is 4.79 Å². The number of aromatic nitrogens is 1. The van der Waals surface area contributed by atoms with E-state index in [1.54, 1.807) is 11.3 Å². The van der Waals surface area contributed by atoms with E-state index in [9.17, 15) is 4.79 Å². The molecular weight excluding hydrogens is 268 g/mol. The third kappa shape index (κ3) is 2.75. The maximum absolute atomic E-state index is 11.9. The first-order valence-corrected chi connectivity index (χ1v) is 7.83. The Labute approximate surface area is 123 Å². The van der Waals surface area contributed by atoms with Crippen LogP contribution in [0.1, 0.15) is 33.8 Å². The number of nitrogens with zero attached hydrogens (tertiary/aromatic N) is 2. The lowest BCUT2D eigenvalue weighted by molar-refractivity contribution is 0.0976. The number of ketones is 1. The first kappa shape index (κ1) is 13.3. The van der Waals surface area contributed by atoms with E-state index in [-0.39, 0.29) is 5.78 Å². The van der Waals surface area contributed by atoms with Gasteiger partial charge in [-0.2, -0.15) is 0 Å². The van der Waals surface area contributed by atoms with E-state index in [0.29, 0.717) is 6.42 Å². The molecule has 0 bridgehead atoms. The maximum atomic E-state index is 11.9. The summed E-state index contributed by atoms with van der Waals surface area (Å²) in [6, 6.07) is 10.5. The van der Waals surface area contributed by atoms with Crippen molar-refractivity contribution < 1.29 is 4.79 Å². The lowest BCUT2D eigenvalue weighted by Crippen LogP contribution is -2.20. The average molecular weight is 286 g/mol. The summed E-state index contributed by atoms with van der Waals surface area (Å²) in [6.45, 7) is 0.921. The highest BCUT2D eigenvalue weighted by atomic mass is 32.1. The fraction of sp³-hybridized carbons (Fsp3) is 0.375. The molecule has 0 unspecified atom stereocenters. The van der Waals surface area contributed by atoms with Gasteiger partial charge < -0.3 is 4.90 Å². The summed E-state index contributed by atoms with van der Waals surface area (Å²) >= 11 is 1.55. The number of fused-ring (bicyclic) bond motifs is 1. The van der Waals surface area contributed by atoms with Crippen LogP contribution < -0.4 is 4.90 Å². The number of hydrogen-bond donors (Lipinski definition) is 0. The molecule has 0 radical (unpaired) electrons. The molecule has 0 amide bonds. The van der Waals surface area contributed by atoms with Crippen LogP contribution in [0.2, 0.25) is 0 Å². The Bertz CT molecular complexity index is 606. The minimum Gasteiger partial charge on any atom is -0.351 e. The van der Waals surface area contributed by atoms with E-state index in [1.165, 1.54) is 5.56 Å². The molecule has 0 saturated carbocycles. The summed E-state index contributed by atoms with van der Waals surface area (Å²) in [5.41, 5.74) is 2.34. The Morgan fingerprint density at radius 3 is 2.80 bits per heavy atom. The third-order valence-electron chi connectivity index (χ3n) is 3.66. The van der Waals surface area contributed by atoms with Crippen molar-refractivity contribution in [2.24, 2.45) is 0 Å². The van der Waals surface area contributed by atoms with E-state index in [0.717, 1.165) is 41.5 Å². The smallest absolute Gasteiger partial charge is 0.185 e. The first-order valence-electron chi connectivity index (χ1n) is 7.02. The van der Waals surface area contributed by atoms with Gasteiger partial charge in [-0.15, -0.1) is 0 Å². The van der Waals surface area contributed by atoms with Gasteiger partial charge in [0.25, 0.3) is 0 Å². The fourth-order valence-corrected chi connectivity index (χ4v) is 3.52. The quantitative estimate of drug-likeness (QED) is 0.864. The summed E-state index contributed by atoms with van der Waals surface area (Å²) < 4.78 is 0. The maximum Gasteiger partial charge on any atom is 0.185 e. The minimum atomic E-state index is 0.270. The Morgan fingerprint density at radius 1 is 1.25 bits per heavy atom. The van der Waals surface area contributed by atoms with Crippen LogP contribution in [0.5, 0.6) is 0 Å². The van der Waals surface area contributed by atoms with Crippen LogP contribution in [-0.4, -0.2) is 24.4 Å². The predicted octanol–water partition coefficient (Wildman–Crippen LogP) is 3.34. The molecule has 3 rings (SSSR count). The minimum absolute atomic E-state index is 0.270. The monoisotopic (exact) mass is 286 g/mol. The normalized spacial score (nSPS) is 14.2. The molecule has 2 aromatic rings. The second-order valence-electron chi connectivity index (χ2n) is 5.21. The number of likely N-dealkylation sites (N-methyl/N-ethyl adjacent to an activating group) is 1. The van der Waals surface area contributed by atoms with Gasteiger partial charge in [0.1, 0.15) is 0 Å². The van der Waals surface area contributed by atoms with Crippen molar-refractivity contribution in [3.63, 3.8) is 0 Å². The Hall–Kier alpha value is -1.68. The van der Waals surface area contributed by atoms with Gasteiger partial charge in [-0.05, 0) is 24.8 Å². The molecule has 0 saturated heterocycles. The Balaban J connectivity index is 1.68. The second-order valence-corrected chi connectivity index (χ2v) is 6.18. The standard InChI is InChI=1S/C16H18N2OS/c1-18(11-10-12-6-3-2-4-7-12)16-17-13-8-5-9-14(19)15(13)20-16/h2-4,6-7H,5,8-11H2,1H3. The number of anilines is 1. The van der Waals surface area contributed by atoms with Crippen LogP contribution in [0, 0.1) is 0 Å². The number of aryl methyl sites for hydroxylation is 1. The lowest BCUT2D eigenvalue weighted by Gasteiger charge is -2.15. The van der Waals surface area contributed by atoms with Crippen LogP contribution in [0.4, 0.5) is 5.13 Å². The van der Waals surface area contributed by atoms with Crippen LogP contribution in [-0.2, 0) is 12.8 Å². The van der Waals surface area contributed by atoms with Gasteiger partial charge in [0.05, 0.1) is 10.6 Å². The van der Waals surface area contributed by atoms with Crippen LogP contribution in [0.15, 0.2) is 30.3 Å². The number of carbonyl (C=O) groups excluding carboxylic acids is 1. The summed E-state index contributed by atoms with van der Waals surface area (Å²) in [5.74, 6) is 0.270. The van der Waals surface area contributed by atoms with Gasteiger partial charge in [0.2, 0.25) is 0 Å². The van der Waals surface area contributed by atoms with Crippen molar-refractivity contribution in [2.45, 2.75) is 25.7 Å². The highest BCUT2D eigenvalue weighted by Crippen LogP contribution is 2.31. The van der Waals surface area contributed by atoms with Crippen LogP contribution >= 0.6 is 11.3 Å². The van der Waals surface area contributed by atoms with E-state index < -0.39 is 0 Å². The molecule has 1 aliphatic carbocycles. The van der Waals surface area contributed by atoms with Crippen molar-refractivity contribution in [3.8, 4) is 0 Å². The van der Waals surface area contributed by atoms with Gasteiger partial charge in [0.15, 0.2) is 10.9 Å². The summed E-state index contributed by atoms with van der Waals surface area (Å²) in [7, 11) is 2.05. The predicted molar refractivity (Wildman–Crippen MR) is 82.8 cm³/mol. The third-order valence-corrected chi connectivity index (χ3v) is 4.91. The topological polar surface area (TPSA) is 33.2 Å². The zero-order chi connectivity index (χ0) is 13.9. The van der Waals surface area contributed by atoms with Crippen molar-refractivity contribution in [2.75, 3.05) is 18.5 Å². The summed E-state index contributed by atoms with van der Waals surface area (Å²) in [4.78, 5) is 19.5. The highest BCUT2D eigenvalue weighted by molar-refractivity contribution is 7.17. The van der Waals surface area contributed by atoms with Gasteiger partial charge in [-0.1, -0.05) is 41.7 Å². The molecule has 104 valence electrons. The molecule has 20 heavy (non-hydrogen) atoms. The van der Waals surface area contributed by atoms with E-state index in [2.05, 4.69) is 41.2 Å². The van der Waals surface area contributed by atoms with Gasteiger partial charge in [-0.25, -0.2) is 4.98 Å². The fourth-order valence-electron chi connectivity index (χ4n) is 2.46. The Morgan fingerprint density at radius 2 is 2.05 bits per heavy atom. The number of thiazole rings is 1. The van der Waals surface area contributed by atoms with Crippen molar-refractivity contribution in [3.05, 3.63) is 46.5 Å². The number of Topliss-reactive ketones (excluding diaryl/α,β-unsaturated/α-hetero) is 1. The van der Waals surface area contributed by atoms with Gasteiger partial charge in [0, 0.05) is 20.0 Å². The van der Waals surface area contributed by atoms with Gasteiger partial charge >= 0.3 is 0 Å². The van der Waals surface area contributed by atoms with Crippen molar-refractivity contribution >= 4 is 22.3 Å². The molecule has 1 aromatic carbocycles. The van der Waals surface area contributed by atoms with E-state index in [1.807, 2.05) is 6.07 Å².